The first-order valence-corrected chi connectivity index (χ1v) is 6.83. The number of sulfonamides is 1. The summed E-state index contributed by atoms with van der Waals surface area (Å²) in [5, 5.41) is 9.58. The number of nitrogens with two attached hydrogens (primary N) is 1. The molecule has 0 atom stereocenters. The molecule has 0 heterocycles. The molecule has 0 bridgehead atoms. The largest absolute Gasteiger partial charge is 0.394 e. The van der Waals surface area contributed by atoms with Crippen LogP contribution in [0, 0.1) is 11.6 Å². The standard InChI is InChI=1S/C11H16F2N2O3S/c1-11(2,16)6-15(3)19(17,18)8-5-4-7(12)10(14)9(8)13/h4-5,16H,6,14H2,1-3H3. The third-order valence-electron chi connectivity index (χ3n) is 2.39. The number of halogens is 2. The second-order valence-electron chi connectivity index (χ2n) is 4.85. The third-order valence-corrected chi connectivity index (χ3v) is 4.21. The lowest BCUT2D eigenvalue weighted by Gasteiger charge is -2.25. The van der Waals surface area contributed by atoms with Crippen molar-refractivity contribution in [3.63, 3.8) is 0 Å². The lowest BCUT2D eigenvalue weighted by molar-refractivity contribution is 0.0639. The van der Waals surface area contributed by atoms with E-state index in [1.54, 1.807) is 0 Å². The average molecular weight is 294 g/mol. The minimum absolute atomic E-state index is 0.244. The van der Waals surface area contributed by atoms with E-state index in [4.69, 9.17) is 5.73 Å². The Morgan fingerprint density at radius 2 is 1.89 bits per heavy atom. The highest BCUT2D eigenvalue weighted by Crippen LogP contribution is 2.25. The molecule has 108 valence electrons. The summed E-state index contributed by atoms with van der Waals surface area (Å²) in [5.41, 5.74) is 2.99. The van der Waals surface area contributed by atoms with E-state index >= 15 is 0 Å². The fraction of sp³-hybridized carbons (Fsp3) is 0.455. The topological polar surface area (TPSA) is 83.6 Å². The van der Waals surface area contributed by atoms with E-state index in [0.29, 0.717) is 0 Å². The maximum absolute atomic E-state index is 13.7. The third kappa shape index (κ3) is 3.40. The highest BCUT2D eigenvalue weighted by atomic mass is 32.2. The summed E-state index contributed by atoms with van der Waals surface area (Å²) in [6, 6.07) is 1.58. The zero-order valence-electron chi connectivity index (χ0n) is 10.8. The number of hydrogen-bond acceptors (Lipinski definition) is 4. The fourth-order valence-electron chi connectivity index (χ4n) is 1.55. The van der Waals surface area contributed by atoms with Crippen LogP contribution in [-0.2, 0) is 10.0 Å². The quantitative estimate of drug-likeness (QED) is 0.809. The van der Waals surface area contributed by atoms with Gasteiger partial charge in [0.25, 0.3) is 0 Å². The van der Waals surface area contributed by atoms with Gasteiger partial charge in [0.1, 0.15) is 16.4 Å². The van der Waals surface area contributed by atoms with Crippen molar-refractivity contribution in [1.82, 2.24) is 4.31 Å². The Labute approximate surface area is 110 Å². The number of anilines is 1. The van der Waals surface area contributed by atoms with Crippen LogP contribution in [0.4, 0.5) is 14.5 Å². The van der Waals surface area contributed by atoms with Crippen molar-refractivity contribution in [3.05, 3.63) is 23.8 Å². The summed E-state index contributed by atoms with van der Waals surface area (Å²) in [4.78, 5) is -0.724. The monoisotopic (exact) mass is 294 g/mol. The normalized spacial score (nSPS) is 13.0. The predicted molar refractivity (Wildman–Crippen MR) is 66.9 cm³/mol. The van der Waals surface area contributed by atoms with Gasteiger partial charge in [-0.25, -0.2) is 17.2 Å². The van der Waals surface area contributed by atoms with Crippen LogP contribution in [-0.4, -0.2) is 37.0 Å². The first-order chi connectivity index (χ1) is 8.47. The van der Waals surface area contributed by atoms with Crippen molar-refractivity contribution < 1.29 is 22.3 Å². The Bertz CT molecular complexity index is 582. The van der Waals surface area contributed by atoms with Crippen molar-refractivity contribution in [1.29, 1.82) is 0 Å². The van der Waals surface area contributed by atoms with Gasteiger partial charge in [-0.3, -0.25) is 0 Å². The molecule has 0 saturated heterocycles. The van der Waals surface area contributed by atoms with Crippen LogP contribution in [0.2, 0.25) is 0 Å². The molecule has 0 aliphatic carbocycles. The van der Waals surface area contributed by atoms with E-state index < -0.39 is 37.8 Å². The van der Waals surface area contributed by atoms with Crippen molar-refractivity contribution >= 4 is 15.7 Å². The van der Waals surface area contributed by atoms with Crippen LogP contribution in [0.25, 0.3) is 0 Å². The van der Waals surface area contributed by atoms with Gasteiger partial charge in [0.2, 0.25) is 10.0 Å². The number of aliphatic hydroxyl groups is 1. The summed E-state index contributed by atoms with van der Waals surface area (Å²) < 4.78 is 51.7. The van der Waals surface area contributed by atoms with Crippen LogP contribution in [0.1, 0.15) is 13.8 Å². The molecule has 3 N–H and O–H groups in total. The molecular formula is C11H16F2N2O3S. The molecule has 8 heteroatoms. The predicted octanol–water partition coefficient (Wildman–Crippen LogP) is 0.938. The average Bonchev–Trinajstić information content (AvgIpc) is 2.23. The molecule has 0 amide bonds. The smallest absolute Gasteiger partial charge is 0.245 e. The molecule has 0 aromatic heterocycles. The van der Waals surface area contributed by atoms with E-state index in [0.717, 1.165) is 16.4 Å². The van der Waals surface area contributed by atoms with Crippen molar-refractivity contribution in [3.8, 4) is 0 Å². The van der Waals surface area contributed by atoms with Gasteiger partial charge in [-0.05, 0) is 26.0 Å². The number of nitrogen functional groups attached to an aromatic ring is 1. The molecule has 1 aromatic rings. The van der Waals surface area contributed by atoms with E-state index in [1.807, 2.05) is 0 Å². The first kappa shape index (κ1) is 15.8. The van der Waals surface area contributed by atoms with E-state index in [1.165, 1.54) is 20.9 Å². The van der Waals surface area contributed by atoms with Crippen molar-refractivity contribution in [2.45, 2.75) is 24.3 Å². The van der Waals surface area contributed by atoms with Gasteiger partial charge in [0.05, 0.1) is 5.60 Å². The molecule has 0 fully saturated rings. The Morgan fingerprint density at radius 1 is 1.37 bits per heavy atom. The molecule has 0 spiro atoms. The van der Waals surface area contributed by atoms with E-state index in [2.05, 4.69) is 0 Å². The van der Waals surface area contributed by atoms with Crippen LogP contribution in [0.15, 0.2) is 17.0 Å². The lowest BCUT2D eigenvalue weighted by Crippen LogP contribution is -2.40. The zero-order valence-corrected chi connectivity index (χ0v) is 11.6. The molecule has 5 nitrogen and oxygen atoms in total. The van der Waals surface area contributed by atoms with Crippen molar-refractivity contribution in [2.24, 2.45) is 0 Å². The molecule has 0 radical (unpaired) electrons. The molecule has 0 unspecified atom stereocenters. The lowest BCUT2D eigenvalue weighted by atomic mass is 10.1. The summed E-state index contributed by atoms with van der Waals surface area (Å²) in [7, 11) is -3.00. The van der Waals surface area contributed by atoms with Gasteiger partial charge >= 0.3 is 0 Å². The van der Waals surface area contributed by atoms with Gasteiger partial charge < -0.3 is 10.8 Å². The van der Waals surface area contributed by atoms with Gasteiger partial charge in [-0.1, -0.05) is 0 Å². The molecule has 1 aromatic carbocycles. The van der Waals surface area contributed by atoms with Gasteiger partial charge in [0, 0.05) is 13.6 Å². The maximum atomic E-state index is 13.7. The highest BCUT2D eigenvalue weighted by Gasteiger charge is 2.30. The number of nitrogens with zero attached hydrogens (tertiary/aromatic N) is 1. The maximum Gasteiger partial charge on any atom is 0.245 e. The first-order valence-electron chi connectivity index (χ1n) is 5.39. The van der Waals surface area contributed by atoms with Crippen LogP contribution in [0.5, 0.6) is 0 Å². The molecule has 0 aliphatic heterocycles. The van der Waals surface area contributed by atoms with Crippen LogP contribution < -0.4 is 5.73 Å². The second kappa shape index (κ2) is 5.03. The Hall–Kier alpha value is -1.25. The molecular weight excluding hydrogens is 278 g/mol. The van der Waals surface area contributed by atoms with Gasteiger partial charge in [0.15, 0.2) is 5.82 Å². The Kier molecular flexibility index (Phi) is 4.18. The molecule has 1 rings (SSSR count). The van der Waals surface area contributed by atoms with Crippen LogP contribution >= 0.6 is 0 Å². The van der Waals surface area contributed by atoms with E-state index in [-0.39, 0.29) is 6.54 Å². The minimum Gasteiger partial charge on any atom is -0.394 e. The number of likely N-dealkylation sites (N-methyl/N-ethyl adjacent to an activating group) is 1. The summed E-state index contributed by atoms with van der Waals surface area (Å²) in [5.74, 6) is -2.36. The van der Waals surface area contributed by atoms with Crippen molar-refractivity contribution in [2.75, 3.05) is 19.3 Å². The van der Waals surface area contributed by atoms with E-state index in [9.17, 15) is 22.3 Å². The minimum atomic E-state index is -4.19. The number of hydrogen-bond donors (Lipinski definition) is 2. The summed E-state index contributed by atoms with van der Waals surface area (Å²) >= 11 is 0. The molecule has 0 saturated carbocycles. The second-order valence-corrected chi connectivity index (χ2v) is 6.86. The highest BCUT2D eigenvalue weighted by molar-refractivity contribution is 7.89. The molecule has 0 aliphatic rings. The zero-order chi connectivity index (χ0) is 15.0. The number of rotatable bonds is 4. The molecule has 19 heavy (non-hydrogen) atoms. The Balaban J connectivity index is 3.25. The van der Waals surface area contributed by atoms with Crippen LogP contribution in [0.3, 0.4) is 0 Å². The number of benzene rings is 1. The SMILES string of the molecule is CN(CC(C)(C)O)S(=O)(=O)c1ccc(F)c(N)c1F. The fourth-order valence-corrected chi connectivity index (χ4v) is 2.94. The summed E-state index contributed by atoms with van der Waals surface area (Å²) in [6.45, 7) is 2.58. The van der Waals surface area contributed by atoms with Gasteiger partial charge in [-0.15, -0.1) is 0 Å². The van der Waals surface area contributed by atoms with Gasteiger partial charge in [-0.2, -0.15) is 4.31 Å². The Morgan fingerprint density at radius 3 is 2.37 bits per heavy atom. The summed E-state index contributed by atoms with van der Waals surface area (Å²) in [6.07, 6.45) is 0.